The van der Waals surface area contributed by atoms with Crippen LogP contribution in [0.4, 0.5) is 5.69 Å². The zero-order chi connectivity index (χ0) is 14.8. The molecule has 0 aliphatic carbocycles. The van der Waals surface area contributed by atoms with E-state index in [1.165, 1.54) is 44.9 Å². The third-order valence-corrected chi connectivity index (χ3v) is 3.67. The molecule has 0 radical (unpaired) electrons. The summed E-state index contributed by atoms with van der Waals surface area (Å²) in [6, 6.07) is 7.53. The van der Waals surface area contributed by atoms with Gasteiger partial charge >= 0.3 is 0 Å². The standard InChI is InChI=1S/C17H28N2O/c1-3-4-5-6-7-8-9-13-19(2)16-12-10-11-15(14-16)17(18)20/h10-12,14H,3-9,13H2,1-2H3,(H2,18,20). The van der Waals surface area contributed by atoms with E-state index in [4.69, 9.17) is 5.73 Å². The summed E-state index contributed by atoms with van der Waals surface area (Å²) in [6.07, 6.45) is 9.20. The molecule has 1 amide bonds. The maximum Gasteiger partial charge on any atom is 0.248 e. The third-order valence-electron chi connectivity index (χ3n) is 3.67. The van der Waals surface area contributed by atoms with Crippen LogP contribution in [0.2, 0.25) is 0 Å². The minimum Gasteiger partial charge on any atom is -0.375 e. The maximum atomic E-state index is 11.2. The van der Waals surface area contributed by atoms with Crippen molar-refractivity contribution in [1.29, 1.82) is 0 Å². The summed E-state index contributed by atoms with van der Waals surface area (Å²) in [4.78, 5) is 13.4. The summed E-state index contributed by atoms with van der Waals surface area (Å²) in [7, 11) is 2.07. The van der Waals surface area contributed by atoms with Crippen LogP contribution in [0.1, 0.15) is 62.2 Å². The van der Waals surface area contributed by atoms with Crippen LogP contribution >= 0.6 is 0 Å². The van der Waals surface area contributed by atoms with Crippen molar-refractivity contribution in [2.45, 2.75) is 51.9 Å². The summed E-state index contributed by atoms with van der Waals surface area (Å²) >= 11 is 0. The van der Waals surface area contributed by atoms with Crippen molar-refractivity contribution in [1.82, 2.24) is 0 Å². The first-order chi connectivity index (χ1) is 9.65. The molecule has 1 aromatic rings. The van der Waals surface area contributed by atoms with Gasteiger partial charge in [-0.25, -0.2) is 0 Å². The predicted octanol–water partition coefficient (Wildman–Crippen LogP) is 3.97. The van der Waals surface area contributed by atoms with E-state index in [1.54, 1.807) is 6.07 Å². The van der Waals surface area contributed by atoms with Gasteiger partial charge in [0, 0.05) is 24.8 Å². The zero-order valence-electron chi connectivity index (χ0n) is 12.9. The molecule has 2 N–H and O–H groups in total. The molecule has 0 saturated heterocycles. The first kappa shape index (κ1) is 16.5. The van der Waals surface area contributed by atoms with Gasteiger partial charge in [-0.3, -0.25) is 4.79 Å². The smallest absolute Gasteiger partial charge is 0.248 e. The van der Waals surface area contributed by atoms with E-state index in [0.717, 1.165) is 12.2 Å². The van der Waals surface area contributed by atoms with Crippen LogP contribution < -0.4 is 10.6 Å². The Labute approximate surface area is 123 Å². The van der Waals surface area contributed by atoms with Crippen molar-refractivity contribution < 1.29 is 4.79 Å². The Morgan fingerprint density at radius 1 is 1.10 bits per heavy atom. The maximum absolute atomic E-state index is 11.2. The molecule has 0 unspecified atom stereocenters. The SMILES string of the molecule is CCCCCCCCCN(C)c1cccc(C(N)=O)c1. The lowest BCUT2D eigenvalue weighted by Crippen LogP contribution is -2.19. The Balaban J connectivity index is 2.27. The van der Waals surface area contributed by atoms with Crippen molar-refractivity contribution in [3.8, 4) is 0 Å². The van der Waals surface area contributed by atoms with Gasteiger partial charge in [0.05, 0.1) is 0 Å². The van der Waals surface area contributed by atoms with Gasteiger partial charge in [-0.15, -0.1) is 0 Å². The van der Waals surface area contributed by atoms with Crippen LogP contribution in [0.5, 0.6) is 0 Å². The van der Waals surface area contributed by atoms with Gasteiger partial charge in [0.25, 0.3) is 0 Å². The number of unbranched alkanes of at least 4 members (excludes halogenated alkanes) is 6. The van der Waals surface area contributed by atoms with Crippen LogP contribution in [0.15, 0.2) is 24.3 Å². The highest BCUT2D eigenvalue weighted by atomic mass is 16.1. The highest BCUT2D eigenvalue weighted by molar-refractivity contribution is 5.93. The molecule has 0 aliphatic heterocycles. The molecule has 112 valence electrons. The first-order valence-corrected chi connectivity index (χ1v) is 7.76. The van der Waals surface area contributed by atoms with Crippen LogP contribution in [0.3, 0.4) is 0 Å². The van der Waals surface area contributed by atoms with Crippen molar-refractivity contribution in [2.75, 3.05) is 18.5 Å². The second kappa shape index (κ2) is 9.40. The summed E-state index contributed by atoms with van der Waals surface area (Å²) in [5, 5.41) is 0. The second-order valence-electron chi connectivity index (χ2n) is 5.46. The Kier molecular flexibility index (Phi) is 7.78. The van der Waals surface area contributed by atoms with Gasteiger partial charge in [0.1, 0.15) is 0 Å². The Hall–Kier alpha value is -1.51. The van der Waals surface area contributed by atoms with E-state index in [1.807, 2.05) is 18.2 Å². The molecule has 1 rings (SSSR count). The molecular weight excluding hydrogens is 248 g/mol. The number of benzene rings is 1. The molecule has 0 bridgehead atoms. The fourth-order valence-corrected chi connectivity index (χ4v) is 2.33. The number of primary amides is 1. The van der Waals surface area contributed by atoms with E-state index in [0.29, 0.717) is 5.56 Å². The minimum absolute atomic E-state index is 0.365. The molecule has 0 spiro atoms. The van der Waals surface area contributed by atoms with E-state index >= 15 is 0 Å². The molecule has 0 aromatic heterocycles. The molecule has 0 aliphatic rings. The first-order valence-electron chi connectivity index (χ1n) is 7.76. The second-order valence-corrected chi connectivity index (χ2v) is 5.46. The van der Waals surface area contributed by atoms with Crippen molar-refractivity contribution >= 4 is 11.6 Å². The topological polar surface area (TPSA) is 46.3 Å². The van der Waals surface area contributed by atoms with Gasteiger partial charge in [-0.05, 0) is 24.6 Å². The average Bonchev–Trinajstić information content (AvgIpc) is 2.46. The largest absolute Gasteiger partial charge is 0.375 e. The Morgan fingerprint density at radius 2 is 1.75 bits per heavy atom. The molecule has 0 saturated carbocycles. The number of hydrogen-bond donors (Lipinski definition) is 1. The summed E-state index contributed by atoms with van der Waals surface area (Å²) in [6.45, 7) is 3.27. The van der Waals surface area contributed by atoms with E-state index < -0.39 is 0 Å². The number of carbonyl (C=O) groups excluding carboxylic acids is 1. The van der Waals surface area contributed by atoms with Gasteiger partial charge < -0.3 is 10.6 Å². The van der Waals surface area contributed by atoms with E-state index in [2.05, 4.69) is 18.9 Å². The molecule has 20 heavy (non-hydrogen) atoms. The summed E-state index contributed by atoms with van der Waals surface area (Å²) < 4.78 is 0. The van der Waals surface area contributed by atoms with Crippen LogP contribution in [0, 0.1) is 0 Å². The molecule has 0 fully saturated rings. The number of amides is 1. The molecule has 1 aromatic carbocycles. The predicted molar refractivity (Wildman–Crippen MR) is 86.2 cm³/mol. The fraction of sp³-hybridized carbons (Fsp3) is 0.588. The molecular formula is C17H28N2O. The molecule has 3 nitrogen and oxygen atoms in total. The number of carbonyl (C=O) groups is 1. The summed E-state index contributed by atoms with van der Waals surface area (Å²) in [5.41, 5.74) is 6.94. The Morgan fingerprint density at radius 3 is 2.40 bits per heavy atom. The quantitative estimate of drug-likeness (QED) is 0.657. The van der Waals surface area contributed by atoms with Gasteiger partial charge in [-0.2, -0.15) is 0 Å². The molecule has 0 heterocycles. The van der Waals surface area contributed by atoms with Gasteiger partial charge in [-0.1, -0.05) is 51.5 Å². The molecule has 3 heteroatoms. The van der Waals surface area contributed by atoms with Crippen molar-refractivity contribution in [3.63, 3.8) is 0 Å². The van der Waals surface area contributed by atoms with Crippen LogP contribution in [-0.2, 0) is 0 Å². The zero-order valence-corrected chi connectivity index (χ0v) is 12.9. The van der Waals surface area contributed by atoms with Gasteiger partial charge in [0.2, 0.25) is 5.91 Å². The normalized spacial score (nSPS) is 10.5. The number of nitrogens with two attached hydrogens (primary N) is 1. The highest BCUT2D eigenvalue weighted by Gasteiger charge is 2.04. The van der Waals surface area contributed by atoms with Crippen molar-refractivity contribution in [3.05, 3.63) is 29.8 Å². The van der Waals surface area contributed by atoms with E-state index in [-0.39, 0.29) is 5.91 Å². The highest BCUT2D eigenvalue weighted by Crippen LogP contribution is 2.16. The summed E-state index contributed by atoms with van der Waals surface area (Å²) in [5.74, 6) is -0.365. The number of anilines is 1. The van der Waals surface area contributed by atoms with Gasteiger partial charge in [0.15, 0.2) is 0 Å². The average molecular weight is 276 g/mol. The lowest BCUT2D eigenvalue weighted by Gasteiger charge is -2.19. The van der Waals surface area contributed by atoms with Crippen LogP contribution in [-0.4, -0.2) is 19.5 Å². The number of nitrogens with zero attached hydrogens (tertiary/aromatic N) is 1. The monoisotopic (exact) mass is 276 g/mol. The third kappa shape index (κ3) is 6.09. The minimum atomic E-state index is -0.365. The lowest BCUT2D eigenvalue weighted by molar-refractivity contribution is 0.100. The van der Waals surface area contributed by atoms with Crippen molar-refractivity contribution in [2.24, 2.45) is 5.73 Å². The van der Waals surface area contributed by atoms with E-state index in [9.17, 15) is 4.79 Å². The lowest BCUT2D eigenvalue weighted by atomic mass is 10.1. The van der Waals surface area contributed by atoms with Crippen LogP contribution in [0.25, 0.3) is 0 Å². The Bertz CT molecular complexity index is 404. The molecule has 0 atom stereocenters. The number of hydrogen-bond acceptors (Lipinski definition) is 2. The number of rotatable bonds is 10. The fourth-order valence-electron chi connectivity index (χ4n) is 2.33.